The van der Waals surface area contributed by atoms with Gasteiger partial charge in [0.2, 0.25) is 0 Å². The Bertz CT molecular complexity index is 810. The summed E-state index contributed by atoms with van der Waals surface area (Å²) in [7, 11) is 0. The topological polar surface area (TPSA) is 75.6 Å². The minimum Gasteiger partial charge on any atom is -0.479 e. The number of hydrogen-bond acceptors (Lipinski definition) is 3. The van der Waals surface area contributed by atoms with Crippen molar-refractivity contribution in [2.75, 3.05) is 0 Å². The third kappa shape index (κ3) is 6.58. The molecule has 0 saturated carbocycles. The van der Waals surface area contributed by atoms with E-state index in [1.807, 2.05) is 66.7 Å². The van der Waals surface area contributed by atoms with Gasteiger partial charge in [0.1, 0.15) is 11.1 Å². The predicted molar refractivity (Wildman–Crippen MR) is 110 cm³/mol. The maximum absolute atomic E-state index is 12.4. The highest BCUT2D eigenvalue weighted by Crippen LogP contribution is 2.21. The van der Waals surface area contributed by atoms with Crippen molar-refractivity contribution in [2.45, 2.75) is 44.8 Å². The molecule has 0 spiro atoms. The van der Waals surface area contributed by atoms with E-state index in [2.05, 4.69) is 5.32 Å². The zero-order valence-electron chi connectivity index (χ0n) is 16.5. The fraction of sp³-hybridized carbons (Fsp3) is 0.304. The first-order valence-corrected chi connectivity index (χ1v) is 9.20. The number of hydrogen-bond donors (Lipinski definition) is 2. The highest BCUT2D eigenvalue weighted by Gasteiger charge is 2.40. The van der Waals surface area contributed by atoms with E-state index in [1.54, 1.807) is 26.8 Å². The van der Waals surface area contributed by atoms with Crippen LogP contribution in [0.15, 0.2) is 66.7 Å². The number of carboxylic acids is 1. The molecule has 0 heterocycles. The van der Waals surface area contributed by atoms with Gasteiger partial charge in [-0.3, -0.25) is 0 Å². The average Bonchev–Trinajstić information content (AvgIpc) is 2.61. The predicted octanol–water partition coefficient (Wildman–Crippen LogP) is 4.68. The van der Waals surface area contributed by atoms with Gasteiger partial charge in [-0.05, 0) is 38.3 Å². The lowest BCUT2D eigenvalue weighted by Gasteiger charge is -2.31. The molecule has 5 nitrogen and oxygen atoms in total. The smallest absolute Gasteiger partial charge is 0.408 e. The van der Waals surface area contributed by atoms with E-state index in [0.717, 1.165) is 11.1 Å². The van der Waals surface area contributed by atoms with E-state index >= 15 is 0 Å². The third-order valence-electron chi connectivity index (χ3n) is 4.07. The zero-order valence-corrected chi connectivity index (χ0v) is 16.5. The van der Waals surface area contributed by atoms with Crippen LogP contribution in [0, 0.1) is 0 Å². The molecule has 0 aliphatic rings. The molecule has 2 aromatic carbocycles. The Balaban J connectivity index is 2.29. The fourth-order valence-corrected chi connectivity index (χ4v) is 2.79. The molecule has 1 amide bonds. The molecule has 148 valence electrons. The van der Waals surface area contributed by atoms with Crippen LogP contribution in [0.3, 0.4) is 0 Å². The van der Waals surface area contributed by atoms with E-state index in [4.69, 9.17) is 4.74 Å². The summed E-state index contributed by atoms with van der Waals surface area (Å²) in [5.74, 6) is -1.11. The third-order valence-corrected chi connectivity index (χ3v) is 4.07. The van der Waals surface area contributed by atoms with Crippen LogP contribution in [0.4, 0.5) is 4.79 Å². The van der Waals surface area contributed by atoms with Gasteiger partial charge in [0.25, 0.3) is 0 Å². The Morgan fingerprint density at radius 3 is 2.11 bits per heavy atom. The standard InChI is InChI=1S/C23H27NO4/c1-22(2,3)28-21(27)24-23(20(25)26,17-19-13-8-5-9-14-19)16-10-15-18-11-6-4-7-12-18/h4-15H,16-17H2,1-3H3,(H,24,27)(H,25,26). The van der Waals surface area contributed by atoms with Crippen LogP contribution in [0.25, 0.3) is 6.08 Å². The van der Waals surface area contributed by atoms with Crippen LogP contribution in [0.1, 0.15) is 38.3 Å². The van der Waals surface area contributed by atoms with Gasteiger partial charge >= 0.3 is 12.1 Å². The second-order valence-electron chi connectivity index (χ2n) is 7.69. The van der Waals surface area contributed by atoms with Crippen molar-refractivity contribution in [1.82, 2.24) is 5.32 Å². The summed E-state index contributed by atoms with van der Waals surface area (Å²) in [5.41, 5.74) is -0.469. The average molecular weight is 381 g/mol. The largest absolute Gasteiger partial charge is 0.479 e. The zero-order chi connectivity index (χ0) is 20.6. The molecule has 28 heavy (non-hydrogen) atoms. The number of aliphatic carboxylic acids is 1. The van der Waals surface area contributed by atoms with Crippen molar-refractivity contribution in [3.05, 3.63) is 77.9 Å². The Labute approximate surface area is 166 Å². The first-order chi connectivity index (χ1) is 13.2. The molecule has 2 N–H and O–H groups in total. The molecule has 0 bridgehead atoms. The first kappa shape index (κ1) is 21.2. The number of rotatable bonds is 7. The summed E-state index contributed by atoms with van der Waals surface area (Å²) in [5, 5.41) is 12.6. The number of carboxylic acid groups (broad SMARTS) is 1. The van der Waals surface area contributed by atoms with E-state index in [-0.39, 0.29) is 12.8 Å². The van der Waals surface area contributed by atoms with E-state index in [1.165, 1.54) is 0 Å². The van der Waals surface area contributed by atoms with Crippen LogP contribution < -0.4 is 5.32 Å². The van der Waals surface area contributed by atoms with Crippen molar-refractivity contribution < 1.29 is 19.4 Å². The van der Waals surface area contributed by atoms with Gasteiger partial charge in [-0.15, -0.1) is 0 Å². The van der Waals surface area contributed by atoms with Crippen LogP contribution in [0.5, 0.6) is 0 Å². The van der Waals surface area contributed by atoms with Gasteiger partial charge in [0, 0.05) is 6.42 Å². The Morgan fingerprint density at radius 1 is 1.00 bits per heavy atom. The van der Waals surface area contributed by atoms with E-state index < -0.39 is 23.2 Å². The molecule has 0 fully saturated rings. The molecule has 0 aromatic heterocycles. The van der Waals surface area contributed by atoms with Crippen molar-refractivity contribution >= 4 is 18.1 Å². The molecule has 1 atom stereocenters. The number of carbonyl (C=O) groups excluding carboxylic acids is 1. The van der Waals surface area contributed by atoms with Gasteiger partial charge in [-0.1, -0.05) is 72.8 Å². The number of alkyl carbamates (subject to hydrolysis) is 1. The summed E-state index contributed by atoms with van der Waals surface area (Å²) in [4.78, 5) is 24.6. The lowest BCUT2D eigenvalue weighted by Crippen LogP contribution is -2.56. The highest BCUT2D eigenvalue weighted by atomic mass is 16.6. The maximum Gasteiger partial charge on any atom is 0.408 e. The fourth-order valence-electron chi connectivity index (χ4n) is 2.79. The molecule has 0 radical (unpaired) electrons. The SMILES string of the molecule is CC(C)(C)OC(=O)NC(CC=Cc1ccccc1)(Cc1ccccc1)C(=O)O. The van der Waals surface area contributed by atoms with Crippen LogP contribution in [-0.4, -0.2) is 28.3 Å². The molecule has 1 unspecified atom stereocenters. The number of carbonyl (C=O) groups is 2. The Hall–Kier alpha value is -3.08. The number of nitrogens with one attached hydrogen (secondary N) is 1. The normalized spacial score (nSPS) is 13.7. The van der Waals surface area contributed by atoms with E-state index in [0.29, 0.717) is 0 Å². The molecule has 2 aromatic rings. The van der Waals surface area contributed by atoms with Gasteiger partial charge in [-0.25, -0.2) is 9.59 Å². The van der Waals surface area contributed by atoms with E-state index in [9.17, 15) is 14.7 Å². The summed E-state index contributed by atoms with van der Waals surface area (Å²) >= 11 is 0. The summed E-state index contributed by atoms with van der Waals surface area (Å²) in [6.45, 7) is 5.21. The molecule has 5 heteroatoms. The van der Waals surface area contributed by atoms with Crippen molar-refractivity contribution in [2.24, 2.45) is 0 Å². The van der Waals surface area contributed by atoms with Crippen LogP contribution in [0.2, 0.25) is 0 Å². The molecule has 2 rings (SSSR count). The summed E-state index contributed by atoms with van der Waals surface area (Å²) in [6, 6.07) is 18.8. The first-order valence-electron chi connectivity index (χ1n) is 9.20. The van der Waals surface area contributed by atoms with Crippen LogP contribution in [-0.2, 0) is 16.0 Å². The van der Waals surface area contributed by atoms with Crippen molar-refractivity contribution in [3.8, 4) is 0 Å². The quantitative estimate of drug-likeness (QED) is 0.730. The van der Waals surface area contributed by atoms with Crippen molar-refractivity contribution in [1.29, 1.82) is 0 Å². The summed E-state index contributed by atoms with van der Waals surface area (Å²) in [6.07, 6.45) is 3.12. The second-order valence-corrected chi connectivity index (χ2v) is 7.69. The van der Waals surface area contributed by atoms with Crippen molar-refractivity contribution in [3.63, 3.8) is 0 Å². The molecular weight excluding hydrogens is 354 g/mol. The van der Waals surface area contributed by atoms with Gasteiger partial charge in [-0.2, -0.15) is 0 Å². The molecule has 0 saturated heterocycles. The minimum atomic E-state index is -1.52. The Kier molecular flexibility index (Phi) is 6.99. The molecule has 0 aliphatic heterocycles. The lowest BCUT2D eigenvalue weighted by molar-refractivity contribution is -0.144. The monoisotopic (exact) mass is 381 g/mol. The minimum absolute atomic E-state index is 0.116. The lowest BCUT2D eigenvalue weighted by atomic mass is 9.87. The van der Waals surface area contributed by atoms with Gasteiger partial charge in [0.05, 0.1) is 0 Å². The Morgan fingerprint density at radius 2 is 1.57 bits per heavy atom. The second kappa shape index (κ2) is 9.22. The molecule has 0 aliphatic carbocycles. The summed E-state index contributed by atoms with van der Waals surface area (Å²) < 4.78 is 5.31. The van der Waals surface area contributed by atoms with Gasteiger partial charge < -0.3 is 15.2 Å². The highest BCUT2D eigenvalue weighted by molar-refractivity contribution is 5.85. The van der Waals surface area contributed by atoms with Crippen LogP contribution >= 0.6 is 0 Å². The number of benzene rings is 2. The molecular formula is C23H27NO4. The maximum atomic E-state index is 12.4. The van der Waals surface area contributed by atoms with Gasteiger partial charge in [0.15, 0.2) is 0 Å². The number of amides is 1. The number of ether oxygens (including phenoxy) is 1.